The van der Waals surface area contributed by atoms with Crippen molar-refractivity contribution >= 4 is 11.8 Å². The predicted molar refractivity (Wildman–Crippen MR) is 73.1 cm³/mol. The zero-order valence-electron chi connectivity index (χ0n) is 11.8. The lowest BCUT2D eigenvalue weighted by Crippen LogP contribution is -2.56. The first-order valence-corrected chi connectivity index (χ1v) is 6.92. The van der Waals surface area contributed by atoms with Crippen LogP contribution in [-0.4, -0.2) is 54.0 Å². The minimum atomic E-state index is -0.832. The van der Waals surface area contributed by atoms with E-state index in [0.29, 0.717) is 13.2 Å². The number of rotatable bonds is 4. The second-order valence-electron chi connectivity index (χ2n) is 4.72. The van der Waals surface area contributed by atoms with Gasteiger partial charge in [-0.05, 0) is 18.6 Å². The SMILES string of the molecule is CCCNC(=O)C1COCCN1C(=O)c1cccnc1F. The second-order valence-corrected chi connectivity index (χ2v) is 4.72. The molecule has 1 N–H and O–H groups in total. The van der Waals surface area contributed by atoms with Gasteiger partial charge < -0.3 is 15.0 Å². The monoisotopic (exact) mass is 295 g/mol. The highest BCUT2D eigenvalue weighted by Gasteiger charge is 2.34. The van der Waals surface area contributed by atoms with Crippen LogP contribution in [0, 0.1) is 5.95 Å². The zero-order valence-corrected chi connectivity index (χ0v) is 11.8. The fourth-order valence-corrected chi connectivity index (χ4v) is 2.13. The molecule has 1 atom stereocenters. The molecule has 1 unspecified atom stereocenters. The van der Waals surface area contributed by atoms with E-state index >= 15 is 0 Å². The van der Waals surface area contributed by atoms with E-state index in [-0.39, 0.29) is 24.6 Å². The fourth-order valence-electron chi connectivity index (χ4n) is 2.13. The van der Waals surface area contributed by atoms with Crippen molar-refractivity contribution in [2.45, 2.75) is 19.4 Å². The minimum Gasteiger partial charge on any atom is -0.377 e. The molecule has 0 spiro atoms. The van der Waals surface area contributed by atoms with Crippen molar-refractivity contribution in [1.29, 1.82) is 0 Å². The normalized spacial score (nSPS) is 18.4. The summed E-state index contributed by atoms with van der Waals surface area (Å²) in [7, 11) is 0. The highest BCUT2D eigenvalue weighted by atomic mass is 19.1. The third-order valence-electron chi connectivity index (χ3n) is 3.23. The molecule has 6 nitrogen and oxygen atoms in total. The Balaban J connectivity index is 2.16. The molecule has 2 heterocycles. The van der Waals surface area contributed by atoms with Gasteiger partial charge >= 0.3 is 0 Å². The maximum absolute atomic E-state index is 13.6. The molecule has 1 aromatic rings. The van der Waals surface area contributed by atoms with Crippen LogP contribution in [0.1, 0.15) is 23.7 Å². The van der Waals surface area contributed by atoms with Gasteiger partial charge in [-0.25, -0.2) is 4.98 Å². The molecule has 1 fully saturated rings. The Bertz CT molecular complexity index is 524. The van der Waals surface area contributed by atoms with Gasteiger partial charge in [0.2, 0.25) is 11.9 Å². The Morgan fingerprint density at radius 1 is 1.57 bits per heavy atom. The smallest absolute Gasteiger partial charge is 0.259 e. The van der Waals surface area contributed by atoms with Crippen molar-refractivity contribution in [2.75, 3.05) is 26.3 Å². The standard InChI is InChI=1S/C14H18FN3O3/c1-2-5-17-13(19)11-9-21-8-7-18(11)14(20)10-4-3-6-16-12(10)15/h3-4,6,11H,2,5,7-9H2,1H3,(H,17,19). The van der Waals surface area contributed by atoms with Gasteiger partial charge in [-0.2, -0.15) is 4.39 Å². The van der Waals surface area contributed by atoms with Gasteiger partial charge in [0, 0.05) is 19.3 Å². The van der Waals surface area contributed by atoms with Crippen LogP contribution in [0.5, 0.6) is 0 Å². The van der Waals surface area contributed by atoms with E-state index in [4.69, 9.17) is 4.74 Å². The summed E-state index contributed by atoms with van der Waals surface area (Å²) in [5, 5.41) is 2.73. The van der Waals surface area contributed by atoms with Crippen molar-refractivity contribution < 1.29 is 18.7 Å². The topological polar surface area (TPSA) is 71.5 Å². The van der Waals surface area contributed by atoms with Crippen LogP contribution in [-0.2, 0) is 9.53 Å². The third-order valence-corrected chi connectivity index (χ3v) is 3.23. The van der Waals surface area contributed by atoms with Crippen molar-refractivity contribution in [3.63, 3.8) is 0 Å². The Kier molecular flexibility index (Phi) is 5.21. The first-order valence-electron chi connectivity index (χ1n) is 6.92. The highest BCUT2D eigenvalue weighted by Crippen LogP contribution is 2.14. The van der Waals surface area contributed by atoms with E-state index in [0.717, 1.165) is 6.42 Å². The summed E-state index contributed by atoms with van der Waals surface area (Å²) in [5.41, 5.74) is -0.132. The minimum absolute atomic E-state index is 0.114. The number of amides is 2. The molecule has 1 aliphatic heterocycles. The van der Waals surface area contributed by atoms with E-state index < -0.39 is 17.9 Å². The van der Waals surface area contributed by atoms with Gasteiger partial charge in [0.1, 0.15) is 6.04 Å². The average Bonchev–Trinajstić information content (AvgIpc) is 2.52. The van der Waals surface area contributed by atoms with Gasteiger partial charge in [0.05, 0.1) is 18.8 Å². The molecular formula is C14H18FN3O3. The Morgan fingerprint density at radius 3 is 3.10 bits per heavy atom. The van der Waals surface area contributed by atoms with Crippen molar-refractivity contribution in [2.24, 2.45) is 0 Å². The molecule has 0 aromatic carbocycles. The largest absolute Gasteiger partial charge is 0.377 e. The molecule has 2 amide bonds. The summed E-state index contributed by atoms with van der Waals surface area (Å²) in [6, 6.07) is 2.11. The maximum Gasteiger partial charge on any atom is 0.259 e. The molecule has 1 saturated heterocycles. The number of carbonyl (C=O) groups is 2. The number of pyridine rings is 1. The molecule has 0 radical (unpaired) electrons. The molecule has 0 saturated carbocycles. The number of hydrogen-bond acceptors (Lipinski definition) is 4. The number of carbonyl (C=O) groups excluding carboxylic acids is 2. The summed E-state index contributed by atoms with van der Waals surface area (Å²) in [6.45, 7) is 3.15. The summed E-state index contributed by atoms with van der Waals surface area (Å²) < 4.78 is 18.9. The Morgan fingerprint density at radius 2 is 2.38 bits per heavy atom. The first-order chi connectivity index (χ1) is 10.1. The second kappa shape index (κ2) is 7.12. The van der Waals surface area contributed by atoms with Crippen LogP contribution in [0.25, 0.3) is 0 Å². The van der Waals surface area contributed by atoms with Gasteiger partial charge in [-0.15, -0.1) is 0 Å². The fraction of sp³-hybridized carbons (Fsp3) is 0.500. The molecule has 2 rings (SSSR count). The van der Waals surface area contributed by atoms with Crippen LogP contribution in [0.4, 0.5) is 4.39 Å². The number of nitrogens with zero attached hydrogens (tertiary/aromatic N) is 2. The van der Waals surface area contributed by atoms with Crippen molar-refractivity contribution in [3.05, 3.63) is 29.8 Å². The quantitative estimate of drug-likeness (QED) is 0.825. The third kappa shape index (κ3) is 3.55. The van der Waals surface area contributed by atoms with Crippen LogP contribution in [0.3, 0.4) is 0 Å². The van der Waals surface area contributed by atoms with Crippen LogP contribution in [0.2, 0.25) is 0 Å². The van der Waals surface area contributed by atoms with Gasteiger partial charge in [0.25, 0.3) is 5.91 Å². The molecule has 0 bridgehead atoms. The molecule has 7 heteroatoms. The predicted octanol–water partition coefficient (Wildman–Crippen LogP) is 0.588. The summed E-state index contributed by atoms with van der Waals surface area (Å²) >= 11 is 0. The number of hydrogen-bond donors (Lipinski definition) is 1. The number of halogens is 1. The lowest BCUT2D eigenvalue weighted by atomic mass is 10.1. The molecule has 114 valence electrons. The molecule has 0 aliphatic carbocycles. The first kappa shape index (κ1) is 15.4. The molecule has 1 aromatic heterocycles. The summed E-state index contributed by atoms with van der Waals surface area (Å²) in [4.78, 5) is 29.3. The average molecular weight is 295 g/mol. The lowest BCUT2D eigenvalue weighted by molar-refractivity contribution is -0.130. The van der Waals surface area contributed by atoms with Crippen LogP contribution in [0.15, 0.2) is 18.3 Å². The molecule has 21 heavy (non-hydrogen) atoms. The lowest BCUT2D eigenvalue weighted by Gasteiger charge is -2.34. The van der Waals surface area contributed by atoms with E-state index in [9.17, 15) is 14.0 Å². The number of morpholine rings is 1. The highest BCUT2D eigenvalue weighted by molar-refractivity contribution is 5.97. The van der Waals surface area contributed by atoms with Crippen LogP contribution >= 0.6 is 0 Å². The van der Waals surface area contributed by atoms with E-state index in [1.54, 1.807) is 0 Å². The summed E-state index contributed by atoms with van der Waals surface area (Å²) in [6.07, 6.45) is 2.07. The number of aromatic nitrogens is 1. The van der Waals surface area contributed by atoms with E-state index in [1.807, 2.05) is 6.92 Å². The van der Waals surface area contributed by atoms with E-state index in [1.165, 1.54) is 23.2 Å². The number of nitrogens with one attached hydrogen (secondary N) is 1. The Hall–Kier alpha value is -2.02. The van der Waals surface area contributed by atoms with E-state index in [2.05, 4.69) is 10.3 Å². The zero-order chi connectivity index (χ0) is 15.2. The van der Waals surface area contributed by atoms with Crippen molar-refractivity contribution in [3.8, 4) is 0 Å². The van der Waals surface area contributed by atoms with Gasteiger partial charge in [0.15, 0.2) is 0 Å². The van der Waals surface area contributed by atoms with Crippen molar-refractivity contribution in [1.82, 2.24) is 15.2 Å². The molecular weight excluding hydrogens is 277 g/mol. The van der Waals surface area contributed by atoms with Crippen LogP contribution < -0.4 is 5.32 Å². The Labute approximate surface area is 122 Å². The maximum atomic E-state index is 13.6. The number of ether oxygens (including phenoxy) is 1. The van der Waals surface area contributed by atoms with Gasteiger partial charge in [-0.1, -0.05) is 6.92 Å². The summed E-state index contributed by atoms with van der Waals surface area (Å²) in [5.74, 6) is -1.66. The molecule has 1 aliphatic rings. The van der Waals surface area contributed by atoms with Gasteiger partial charge in [-0.3, -0.25) is 9.59 Å².